The Morgan fingerprint density at radius 3 is 2.78 bits per heavy atom. The third-order valence-electron chi connectivity index (χ3n) is 3.44. The standard InChI is InChI=1S/C14H14FN5O2S/c1-8-6-17-13-12(8)14(19-7-18-13)20-11-5-9(3-4-10(11)15)23(21,22)16-2/h3-7,16H,1-2H3,(H2,17,18,19,20). The van der Waals surface area contributed by atoms with E-state index >= 15 is 0 Å². The normalized spacial score (nSPS) is 11.8. The number of hydrogen-bond acceptors (Lipinski definition) is 5. The van der Waals surface area contributed by atoms with Crippen LogP contribution in [0.5, 0.6) is 0 Å². The topological polar surface area (TPSA) is 99.8 Å². The van der Waals surface area contributed by atoms with Crippen LogP contribution in [0.3, 0.4) is 0 Å². The first-order chi connectivity index (χ1) is 10.9. The van der Waals surface area contributed by atoms with Crippen LogP contribution in [0.4, 0.5) is 15.9 Å². The molecule has 3 aromatic rings. The summed E-state index contributed by atoms with van der Waals surface area (Å²) >= 11 is 0. The first-order valence-electron chi connectivity index (χ1n) is 6.71. The zero-order chi connectivity index (χ0) is 16.6. The Bertz CT molecular complexity index is 984. The fourth-order valence-corrected chi connectivity index (χ4v) is 2.98. The van der Waals surface area contributed by atoms with E-state index in [4.69, 9.17) is 0 Å². The second kappa shape index (κ2) is 5.60. The minimum Gasteiger partial charge on any atom is -0.346 e. The van der Waals surface area contributed by atoms with Crippen LogP contribution in [-0.2, 0) is 10.0 Å². The maximum atomic E-state index is 14.0. The van der Waals surface area contributed by atoms with Crippen LogP contribution >= 0.6 is 0 Å². The molecule has 0 unspecified atom stereocenters. The van der Waals surface area contributed by atoms with E-state index in [0.29, 0.717) is 16.9 Å². The summed E-state index contributed by atoms with van der Waals surface area (Å²) in [6.45, 7) is 1.87. The Kier molecular flexibility index (Phi) is 3.74. The highest BCUT2D eigenvalue weighted by molar-refractivity contribution is 7.89. The number of anilines is 2. The van der Waals surface area contributed by atoms with Crippen LogP contribution in [0.1, 0.15) is 5.56 Å². The highest BCUT2D eigenvalue weighted by Gasteiger charge is 2.16. The van der Waals surface area contributed by atoms with Gasteiger partial charge in [-0.05, 0) is 37.7 Å². The third kappa shape index (κ3) is 2.76. The molecule has 23 heavy (non-hydrogen) atoms. The van der Waals surface area contributed by atoms with Gasteiger partial charge in [-0.15, -0.1) is 0 Å². The lowest BCUT2D eigenvalue weighted by Crippen LogP contribution is -2.18. The third-order valence-corrected chi connectivity index (χ3v) is 4.85. The van der Waals surface area contributed by atoms with E-state index in [9.17, 15) is 12.8 Å². The fourth-order valence-electron chi connectivity index (χ4n) is 2.22. The molecule has 2 aromatic heterocycles. The highest BCUT2D eigenvalue weighted by Crippen LogP contribution is 2.28. The number of aromatic nitrogens is 3. The molecule has 7 nitrogen and oxygen atoms in total. The van der Waals surface area contributed by atoms with Crippen LogP contribution in [0, 0.1) is 12.7 Å². The monoisotopic (exact) mass is 335 g/mol. The number of sulfonamides is 1. The number of halogens is 1. The Labute approximate surface area is 132 Å². The number of H-pyrrole nitrogens is 1. The summed E-state index contributed by atoms with van der Waals surface area (Å²) in [5, 5.41) is 3.56. The van der Waals surface area contributed by atoms with Gasteiger partial charge in [0, 0.05) is 6.20 Å². The van der Waals surface area contributed by atoms with Crippen molar-refractivity contribution >= 4 is 32.6 Å². The maximum Gasteiger partial charge on any atom is 0.240 e. The van der Waals surface area contributed by atoms with Crippen molar-refractivity contribution in [3.8, 4) is 0 Å². The highest BCUT2D eigenvalue weighted by atomic mass is 32.2. The average Bonchev–Trinajstić information content (AvgIpc) is 2.92. The van der Waals surface area contributed by atoms with E-state index in [1.807, 2.05) is 6.92 Å². The number of fused-ring (bicyclic) bond motifs is 1. The largest absolute Gasteiger partial charge is 0.346 e. The molecule has 120 valence electrons. The van der Waals surface area contributed by atoms with Crippen molar-refractivity contribution in [2.45, 2.75) is 11.8 Å². The molecule has 0 spiro atoms. The first kappa shape index (κ1) is 15.4. The lowest BCUT2D eigenvalue weighted by Gasteiger charge is -2.10. The molecule has 0 fully saturated rings. The van der Waals surface area contributed by atoms with Gasteiger partial charge in [-0.25, -0.2) is 27.5 Å². The van der Waals surface area contributed by atoms with Crippen molar-refractivity contribution < 1.29 is 12.8 Å². The predicted molar refractivity (Wildman–Crippen MR) is 84.6 cm³/mol. The van der Waals surface area contributed by atoms with Crippen molar-refractivity contribution in [3.05, 3.63) is 42.1 Å². The zero-order valence-electron chi connectivity index (χ0n) is 12.4. The summed E-state index contributed by atoms with van der Waals surface area (Å²) in [5.41, 5.74) is 1.52. The van der Waals surface area contributed by atoms with Crippen LogP contribution in [-0.4, -0.2) is 30.4 Å². The summed E-state index contributed by atoms with van der Waals surface area (Å²) in [7, 11) is -2.37. The average molecular weight is 335 g/mol. The van der Waals surface area contributed by atoms with Gasteiger partial charge >= 0.3 is 0 Å². The molecule has 0 saturated heterocycles. The number of benzene rings is 1. The second-order valence-corrected chi connectivity index (χ2v) is 6.78. The number of nitrogens with zero attached hydrogens (tertiary/aromatic N) is 2. The quantitative estimate of drug-likeness (QED) is 0.678. The second-order valence-electron chi connectivity index (χ2n) is 4.89. The van der Waals surface area contributed by atoms with Crippen LogP contribution in [0.2, 0.25) is 0 Å². The van der Waals surface area contributed by atoms with Gasteiger partial charge < -0.3 is 10.3 Å². The summed E-state index contributed by atoms with van der Waals surface area (Å²) in [5.74, 6) is -0.188. The Morgan fingerprint density at radius 2 is 2.04 bits per heavy atom. The van der Waals surface area contributed by atoms with E-state index in [1.54, 1.807) is 6.20 Å². The number of aryl methyl sites for hydroxylation is 1. The number of aromatic amines is 1. The zero-order valence-corrected chi connectivity index (χ0v) is 13.2. The molecule has 0 radical (unpaired) electrons. The predicted octanol–water partition coefficient (Wildman–Crippen LogP) is 2.06. The molecule has 0 aliphatic rings. The molecule has 0 aliphatic carbocycles. The van der Waals surface area contributed by atoms with E-state index < -0.39 is 15.8 Å². The van der Waals surface area contributed by atoms with Gasteiger partial charge in [-0.1, -0.05) is 0 Å². The van der Waals surface area contributed by atoms with Gasteiger partial charge in [0.05, 0.1) is 16.0 Å². The Balaban J connectivity index is 2.09. The van der Waals surface area contributed by atoms with Gasteiger partial charge in [0.15, 0.2) is 0 Å². The number of rotatable bonds is 4. The van der Waals surface area contributed by atoms with Crippen molar-refractivity contribution in [1.29, 1.82) is 0 Å². The van der Waals surface area contributed by atoms with Crippen molar-refractivity contribution in [2.75, 3.05) is 12.4 Å². The summed E-state index contributed by atoms with van der Waals surface area (Å²) in [6.07, 6.45) is 3.11. The van der Waals surface area contributed by atoms with Crippen LogP contribution in [0.15, 0.2) is 35.6 Å². The fraction of sp³-hybridized carbons (Fsp3) is 0.143. The SMILES string of the molecule is CNS(=O)(=O)c1ccc(F)c(Nc2ncnc3[nH]cc(C)c23)c1. The van der Waals surface area contributed by atoms with Gasteiger partial charge in [-0.3, -0.25) is 0 Å². The molecule has 0 aliphatic heterocycles. The van der Waals surface area contributed by atoms with Gasteiger partial charge in [0.2, 0.25) is 10.0 Å². The summed E-state index contributed by atoms with van der Waals surface area (Å²) in [6, 6.07) is 3.51. The van der Waals surface area contributed by atoms with Gasteiger partial charge in [-0.2, -0.15) is 0 Å². The molecule has 9 heteroatoms. The lowest BCUT2D eigenvalue weighted by atomic mass is 10.2. The lowest BCUT2D eigenvalue weighted by molar-refractivity contribution is 0.587. The van der Waals surface area contributed by atoms with Crippen molar-refractivity contribution in [1.82, 2.24) is 19.7 Å². The van der Waals surface area contributed by atoms with Crippen LogP contribution < -0.4 is 10.0 Å². The molecule has 3 N–H and O–H groups in total. The van der Waals surface area contributed by atoms with E-state index in [-0.39, 0.29) is 10.6 Å². The molecule has 3 rings (SSSR count). The minimum absolute atomic E-state index is 0.0157. The number of hydrogen-bond donors (Lipinski definition) is 3. The Morgan fingerprint density at radius 1 is 1.26 bits per heavy atom. The van der Waals surface area contributed by atoms with E-state index in [2.05, 4.69) is 25.0 Å². The molecule has 1 aromatic carbocycles. The minimum atomic E-state index is -3.67. The van der Waals surface area contributed by atoms with Crippen LogP contribution in [0.25, 0.3) is 11.0 Å². The van der Waals surface area contributed by atoms with E-state index in [0.717, 1.165) is 11.6 Å². The molecule has 2 heterocycles. The molecule has 0 amide bonds. The molecular weight excluding hydrogens is 321 g/mol. The first-order valence-corrected chi connectivity index (χ1v) is 8.19. The smallest absolute Gasteiger partial charge is 0.240 e. The van der Waals surface area contributed by atoms with E-state index in [1.165, 1.54) is 25.5 Å². The van der Waals surface area contributed by atoms with Gasteiger partial charge in [0.1, 0.15) is 23.6 Å². The summed E-state index contributed by atoms with van der Waals surface area (Å²) in [4.78, 5) is 11.1. The molecule has 0 atom stereocenters. The molecule has 0 bridgehead atoms. The van der Waals surface area contributed by atoms with Crippen molar-refractivity contribution in [2.24, 2.45) is 0 Å². The Hall–Kier alpha value is -2.52. The molecule has 0 saturated carbocycles. The van der Waals surface area contributed by atoms with Gasteiger partial charge in [0.25, 0.3) is 0 Å². The number of nitrogens with one attached hydrogen (secondary N) is 3. The maximum absolute atomic E-state index is 14.0. The van der Waals surface area contributed by atoms with Crippen molar-refractivity contribution in [3.63, 3.8) is 0 Å². The molecular formula is C14H14FN5O2S. The summed E-state index contributed by atoms with van der Waals surface area (Å²) < 4.78 is 39.9.